The molecule has 0 saturated carbocycles. The predicted molar refractivity (Wildman–Crippen MR) is 69.1 cm³/mol. The highest BCUT2D eigenvalue weighted by Gasteiger charge is 2.23. The van der Waals surface area contributed by atoms with Crippen LogP contribution >= 0.6 is 0 Å². The van der Waals surface area contributed by atoms with Crippen LogP contribution in [0.2, 0.25) is 0 Å². The highest BCUT2D eigenvalue weighted by Crippen LogP contribution is 2.10. The van der Waals surface area contributed by atoms with Gasteiger partial charge in [-0.1, -0.05) is 0 Å². The van der Waals surface area contributed by atoms with Crippen LogP contribution in [0.3, 0.4) is 0 Å². The molecule has 0 bridgehead atoms. The number of hydrogen-bond donors (Lipinski definition) is 1. The summed E-state index contributed by atoms with van der Waals surface area (Å²) in [6, 6.07) is 1.52. The standard InChI is InChI=1S/C14H17F2NO3/c1-8(13(19)20-14(2,3)4)17-12(18)9-5-10(15)7-11(16)6-9/h5-8H,1-4H3,(H,17,18)/t8-/m0/s1. The molecule has 0 radical (unpaired) electrons. The number of amides is 1. The molecule has 1 atom stereocenters. The Bertz CT molecular complexity index is 503. The highest BCUT2D eigenvalue weighted by atomic mass is 19.1. The number of esters is 1. The lowest BCUT2D eigenvalue weighted by molar-refractivity contribution is -0.156. The summed E-state index contributed by atoms with van der Waals surface area (Å²) < 4.78 is 31.1. The van der Waals surface area contributed by atoms with Crippen LogP contribution in [-0.4, -0.2) is 23.5 Å². The van der Waals surface area contributed by atoms with Gasteiger partial charge in [0.25, 0.3) is 5.91 Å². The molecule has 1 N–H and O–H groups in total. The number of ether oxygens (including phenoxy) is 1. The maximum Gasteiger partial charge on any atom is 0.328 e. The topological polar surface area (TPSA) is 55.4 Å². The molecular weight excluding hydrogens is 268 g/mol. The largest absolute Gasteiger partial charge is 0.458 e. The molecule has 1 aromatic carbocycles. The van der Waals surface area contributed by atoms with Crippen molar-refractivity contribution in [1.29, 1.82) is 0 Å². The SMILES string of the molecule is C[C@H](NC(=O)c1cc(F)cc(F)c1)C(=O)OC(C)(C)C. The van der Waals surface area contributed by atoms with Crippen LogP contribution < -0.4 is 5.32 Å². The average molecular weight is 285 g/mol. The van der Waals surface area contributed by atoms with Gasteiger partial charge in [-0.05, 0) is 39.8 Å². The van der Waals surface area contributed by atoms with Gasteiger partial charge in [-0.15, -0.1) is 0 Å². The average Bonchev–Trinajstić information content (AvgIpc) is 2.25. The van der Waals surface area contributed by atoms with Gasteiger partial charge >= 0.3 is 5.97 Å². The van der Waals surface area contributed by atoms with Gasteiger partial charge in [0.15, 0.2) is 0 Å². The summed E-state index contributed by atoms with van der Waals surface area (Å²) in [5.41, 5.74) is -0.876. The van der Waals surface area contributed by atoms with Gasteiger partial charge in [0, 0.05) is 11.6 Å². The Hall–Kier alpha value is -1.98. The Morgan fingerprint density at radius 3 is 2.10 bits per heavy atom. The van der Waals surface area contributed by atoms with Crippen molar-refractivity contribution in [1.82, 2.24) is 5.32 Å². The van der Waals surface area contributed by atoms with Gasteiger partial charge in [0.05, 0.1) is 0 Å². The van der Waals surface area contributed by atoms with Crippen LogP contribution in [0.25, 0.3) is 0 Å². The Morgan fingerprint density at radius 1 is 1.15 bits per heavy atom. The molecule has 0 aliphatic rings. The van der Waals surface area contributed by atoms with E-state index in [4.69, 9.17) is 4.74 Å². The van der Waals surface area contributed by atoms with E-state index < -0.39 is 35.2 Å². The predicted octanol–water partition coefficient (Wildman–Crippen LogP) is 2.42. The first-order valence-corrected chi connectivity index (χ1v) is 6.08. The number of hydrogen-bond acceptors (Lipinski definition) is 3. The number of benzene rings is 1. The molecular formula is C14H17F2NO3. The van der Waals surface area contributed by atoms with E-state index in [1.165, 1.54) is 6.92 Å². The van der Waals surface area contributed by atoms with Crippen molar-refractivity contribution < 1.29 is 23.1 Å². The second kappa shape index (κ2) is 5.98. The molecule has 0 fully saturated rings. The summed E-state index contributed by atoms with van der Waals surface area (Å²) in [6.45, 7) is 6.52. The van der Waals surface area contributed by atoms with Crippen molar-refractivity contribution in [3.63, 3.8) is 0 Å². The number of halogens is 2. The third kappa shape index (κ3) is 4.95. The van der Waals surface area contributed by atoms with E-state index in [9.17, 15) is 18.4 Å². The van der Waals surface area contributed by atoms with Crippen molar-refractivity contribution in [2.75, 3.05) is 0 Å². The van der Waals surface area contributed by atoms with Gasteiger partial charge < -0.3 is 10.1 Å². The van der Waals surface area contributed by atoms with E-state index in [0.29, 0.717) is 6.07 Å². The summed E-state index contributed by atoms with van der Waals surface area (Å²) in [6.07, 6.45) is 0. The molecule has 1 rings (SSSR count). The zero-order chi connectivity index (χ0) is 15.5. The molecule has 1 aromatic rings. The van der Waals surface area contributed by atoms with Gasteiger partial charge in [-0.3, -0.25) is 4.79 Å². The van der Waals surface area contributed by atoms with E-state index in [0.717, 1.165) is 12.1 Å². The first kappa shape index (κ1) is 16.1. The van der Waals surface area contributed by atoms with Gasteiger partial charge in [-0.2, -0.15) is 0 Å². The third-order valence-electron chi connectivity index (χ3n) is 2.23. The van der Waals surface area contributed by atoms with Gasteiger partial charge in [-0.25, -0.2) is 13.6 Å². The summed E-state index contributed by atoms with van der Waals surface area (Å²) in [5.74, 6) is -3.09. The fourth-order valence-corrected chi connectivity index (χ4v) is 1.41. The number of carbonyl (C=O) groups is 2. The summed E-state index contributed by atoms with van der Waals surface area (Å²) in [4.78, 5) is 23.5. The fourth-order valence-electron chi connectivity index (χ4n) is 1.41. The Morgan fingerprint density at radius 2 is 1.65 bits per heavy atom. The lowest BCUT2D eigenvalue weighted by Gasteiger charge is -2.22. The third-order valence-corrected chi connectivity index (χ3v) is 2.23. The Balaban J connectivity index is 2.72. The first-order valence-electron chi connectivity index (χ1n) is 6.08. The second-order valence-corrected chi connectivity index (χ2v) is 5.39. The molecule has 0 aliphatic carbocycles. The highest BCUT2D eigenvalue weighted by molar-refractivity contribution is 5.96. The maximum absolute atomic E-state index is 13.0. The lowest BCUT2D eigenvalue weighted by atomic mass is 10.1. The van der Waals surface area contributed by atoms with Crippen LogP contribution in [0.15, 0.2) is 18.2 Å². The number of carbonyl (C=O) groups excluding carboxylic acids is 2. The number of rotatable bonds is 3. The van der Waals surface area contributed by atoms with Crippen molar-refractivity contribution >= 4 is 11.9 Å². The van der Waals surface area contributed by atoms with Gasteiger partial charge in [0.1, 0.15) is 23.3 Å². The van der Waals surface area contributed by atoms with Crippen LogP contribution in [0.4, 0.5) is 8.78 Å². The van der Waals surface area contributed by atoms with Crippen molar-refractivity contribution in [2.45, 2.75) is 39.3 Å². The Labute approximate surface area is 116 Å². The zero-order valence-corrected chi connectivity index (χ0v) is 11.8. The van der Waals surface area contributed by atoms with Crippen molar-refractivity contribution in [3.05, 3.63) is 35.4 Å². The molecule has 0 unspecified atom stereocenters. The molecule has 1 amide bonds. The van der Waals surface area contributed by atoms with E-state index >= 15 is 0 Å². The minimum atomic E-state index is -0.923. The molecule has 0 aliphatic heterocycles. The molecule has 20 heavy (non-hydrogen) atoms. The quantitative estimate of drug-likeness (QED) is 0.868. The molecule has 0 heterocycles. The molecule has 0 aromatic heterocycles. The first-order chi connectivity index (χ1) is 9.08. The molecule has 0 spiro atoms. The smallest absolute Gasteiger partial charge is 0.328 e. The minimum Gasteiger partial charge on any atom is -0.458 e. The van der Waals surface area contributed by atoms with Gasteiger partial charge in [0.2, 0.25) is 0 Å². The van der Waals surface area contributed by atoms with E-state index in [-0.39, 0.29) is 5.56 Å². The summed E-state index contributed by atoms with van der Waals surface area (Å²) in [5, 5.41) is 2.33. The molecule has 0 saturated heterocycles. The van der Waals surface area contributed by atoms with Crippen LogP contribution in [0.5, 0.6) is 0 Å². The van der Waals surface area contributed by atoms with Crippen LogP contribution in [0, 0.1) is 11.6 Å². The monoisotopic (exact) mass is 285 g/mol. The molecule has 4 nitrogen and oxygen atoms in total. The molecule has 6 heteroatoms. The normalized spacial score (nSPS) is 12.7. The Kier molecular flexibility index (Phi) is 4.81. The zero-order valence-electron chi connectivity index (χ0n) is 11.8. The number of nitrogens with one attached hydrogen (secondary N) is 1. The second-order valence-electron chi connectivity index (χ2n) is 5.39. The van der Waals surface area contributed by atoms with Crippen LogP contribution in [-0.2, 0) is 9.53 Å². The van der Waals surface area contributed by atoms with Crippen molar-refractivity contribution in [3.8, 4) is 0 Å². The van der Waals surface area contributed by atoms with E-state index in [1.807, 2.05) is 0 Å². The fraction of sp³-hybridized carbons (Fsp3) is 0.429. The molecule has 110 valence electrons. The summed E-state index contributed by atoms with van der Waals surface area (Å²) >= 11 is 0. The van der Waals surface area contributed by atoms with E-state index in [2.05, 4.69) is 5.32 Å². The summed E-state index contributed by atoms with van der Waals surface area (Å²) in [7, 11) is 0. The lowest BCUT2D eigenvalue weighted by Crippen LogP contribution is -2.42. The van der Waals surface area contributed by atoms with Crippen molar-refractivity contribution in [2.24, 2.45) is 0 Å². The van der Waals surface area contributed by atoms with E-state index in [1.54, 1.807) is 20.8 Å². The maximum atomic E-state index is 13.0. The van der Waals surface area contributed by atoms with Crippen LogP contribution in [0.1, 0.15) is 38.1 Å². The minimum absolute atomic E-state index is 0.196.